The molecule has 0 saturated heterocycles. The Morgan fingerprint density at radius 3 is 2.36 bits per heavy atom. The van der Waals surface area contributed by atoms with E-state index in [0.717, 1.165) is 36.9 Å². The van der Waals surface area contributed by atoms with Gasteiger partial charge in [-0.05, 0) is 60.4 Å². The van der Waals surface area contributed by atoms with Crippen LogP contribution in [-0.4, -0.2) is 23.7 Å². The van der Waals surface area contributed by atoms with Crippen molar-refractivity contribution >= 4 is 29.0 Å². The molecule has 5 heteroatoms. The zero-order valence-electron chi connectivity index (χ0n) is 16.4. The number of Topliss-reactive ketones (excluding diaryl/α,β-unsaturated/α-hetero) is 1. The van der Waals surface area contributed by atoms with Crippen LogP contribution in [0.2, 0.25) is 5.15 Å². The molecule has 1 amide bonds. The highest BCUT2D eigenvalue weighted by Crippen LogP contribution is 2.74. The number of nitrogens with zero attached hydrogens (tertiary/aromatic N) is 2. The van der Waals surface area contributed by atoms with Crippen molar-refractivity contribution in [3.05, 3.63) is 58.9 Å². The Morgan fingerprint density at radius 1 is 1.11 bits per heavy atom. The number of ketones is 1. The second-order valence-corrected chi connectivity index (χ2v) is 8.74. The van der Waals surface area contributed by atoms with Crippen LogP contribution in [0.15, 0.2) is 42.6 Å². The van der Waals surface area contributed by atoms with Crippen molar-refractivity contribution in [3.63, 3.8) is 0 Å². The largest absolute Gasteiger partial charge is 0.316 e. The van der Waals surface area contributed by atoms with E-state index in [4.69, 9.17) is 11.6 Å². The number of amides is 1. The summed E-state index contributed by atoms with van der Waals surface area (Å²) in [6.45, 7) is 1.87. The first-order valence-electron chi connectivity index (χ1n) is 9.88. The number of carbonyl (C=O) groups is 2. The SMILES string of the molecule is CCC(=O)N(C)c1ccc(C23CC(C(=O)CCc4ccc(Cl)nc4)(C2)C3)cc1. The molecule has 3 fully saturated rings. The molecule has 1 aromatic carbocycles. The molecule has 4 nitrogen and oxygen atoms in total. The van der Waals surface area contributed by atoms with Crippen molar-refractivity contribution in [3.8, 4) is 0 Å². The first kappa shape index (κ1) is 19.1. The van der Waals surface area contributed by atoms with Crippen LogP contribution in [0.1, 0.15) is 50.2 Å². The number of aromatic nitrogens is 1. The Kier molecular flexibility index (Phi) is 4.78. The number of anilines is 1. The molecular weight excluding hydrogens is 372 g/mol. The topological polar surface area (TPSA) is 50.3 Å². The van der Waals surface area contributed by atoms with Crippen LogP contribution in [0, 0.1) is 5.41 Å². The molecule has 0 aliphatic heterocycles. The van der Waals surface area contributed by atoms with Crippen LogP contribution in [0.5, 0.6) is 0 Å². The standard InChI is InChI=1S/C23H25ClN2O2/c1-3-21(28)26(2)18-8-6-17(7-9-18)22-13-23(14-22,15-22)19(27)10-4-16-5-11-20(24)25-12-16/h5-9,11-12H,3-4,10,13-15H2,1-2H3. The molecule has 0 atom stereocenters. The van der Waals surface area contributed by atoms with Gasteiger partial charge in [0.2, 0.25) is 5.91 Å². The van der Waals surface area contributed by atoms with Gasteiger partial charge in [-0.3, -0.25) is 9.59 Å². The lowest BCUT2D eigenvalue weighted by Gasteiger charge is -2.70. The zero-order chi connectivity index (χ0) is 19.9. The molecular formula is C23H25ClN2O2. The van der Waals surface area contributed by atoms with E-state index in [-0.39, 0.29) is 16.7 Å². The first-order chi connectivity index (χ1) is 13.4. The van der Waals surface area contributed by atoms with Crippen molar-refractivity contribution in [2.75, 3.05) is 11.9 Å². The molecule has 1 heterocycles. The Balaban J connectivity index is 1.34. The van der Waals surface area contributed by atoms with E-state index >= 15 is 0 Å². The quantitative estimate of drug-likeness (QED) is 0.635. The highest BCUT2D eigenvalue weighted by atomic mass is 35.5. The van der Waals surface area contributed by atoms with Crippen LogP contribution in [0.25, 0.3) is 0 Å². The minimum atomic E-state index is -0.104. The zero-order valence-corrected chi connectivity index (χ0v) is 17.1. The molecule has 2 aromatic rings. The van der Waals surface area contributed by atoms with E-state index in [9.17, 15) is 9.59 Å². The third kappa shape index (κ3) is 3.14. The van der Waals surface area contributed by atoms with Gasteiger partial charge < -0.3 is 4.90 Å². The molecule has 3 aliphatic rings. The summed E-state index contributed by atoms with van der Waals surface area (Å²) in [7, 11) is 1.81. The summed E-state index contributed by atoms with van der Waals surface area (Å²) in [6.07, 6.45) is 6.43. The predicted molar refractivity (Wildman–Crippen MR) is 111 cm³/mol. The number of aryl methyl sites for hydroxylation is 1. The molecule has 0 radical (unpaired) electrons. The monoisotopic (exact) mass is 396 g/mol. The van der Waals surface area contributed by atoms with Crippen LogP contribution in [0.4, 0.5) is 5.69 Å². The molecule has 0 N–H and O–H groups in total. The average Bonchev–Trinajstić information content (AvgIpc) is 2.65. The van der Waals surface area contributed by atoms with Gasteiger partial charge in [-0.1, -0.05) is 36.7 Å². The van der Waals surface area contributed by atoms with Crippen LogP contribution >= 0.6 is 11.6 Å². The van der Waals surface area contributed by atoms with Crippen molar-refractivity contribution in [1.29, 1.82) is 0 Å². The maximum atomic E-state index is 12.8. The number of halogens is 1. The molecule has 2 bridgehead atoms. The van der Waals surface area contributed by atoms with Crippen LogP contribution < -0.4 is 4.90 Å². The summed E-state index contributed by atoms with van der Waals surface area (Å²) in [5.41, 5.74) is 3.34. The average molecular weight is 397 g/mol. The van der Waals surface area contributed by atoms with Gasteiger partial charge in [-0.15, -0.1) is 0 Å². The lowest BCUT2D eigenvalue weighted by atomic mass is 9.32. The number of benzene rings is 1. The van der Waals surface area contributed by atoms with E-state index in [1.165, 1.54) is 5.56 Å². The molecule has 3 aliphatic carbocycles. The fraction of sp³-hybridized carbons (Fsp3) is 0.435. The van der Waals surface area contributed by atoms with Crippen molar-refractivity contribution in [1.82, 2.24) is 4.98 Å². The minimum Gasteiger partial charge on any atom is -0.316 e. The van der Waals surface area contributed by atoms with Crippen molar-refractivity contribution in [2.24, 2.45) is 5.41 Å². The van der Waals surface area contributed by atoms with Gasteiger partial charge in [0.25, 0.3) is 0 Å². The number of hydrogen-bond donors (Lipinski definition) is 0. The Hall–Kier alpha value is -2.20. The summed E-state index contributed by atoms with van der Waals surface area (Å²) in [4.78, 5) is 30.4. The summed E-state index contributed by atoms with van der Waals surface area (Å²) in [6, 6.07) is 12.0. The third-order valence-corrected chi connectivity index (χ3v) is 6.82. The van der Waals surface area contributed by atoms with E-state index in [1.807, 2.05) is 32.2 Å². The number of rotatable bonds is 7. The second-order valence-electron chi connectivity index (χ2n) is 8.36. The molecule has 1 aromatic heterocycles. The van der Waals surface area contributed by atoms with Gasteiger partial charge in [-0.2, -0.15) is 0 Å². The van der Waals surface area contributed by atoms with E-state index in [2.05, 4.69) is 17.1 Å². The second kappa shape index (κ2) is 7.00. The number of pyridine rings is 1. The van der Waals surface area contributed by atoms with Crippen LogP contribution in [-0.2, 0) is 21.4 Å². The Labute approximate surface area is 170 Å². The van der Waals surface area contributed by atoms with Crippen molar-refractivity contribution < 1.29 is 9.59 Å². The van der Waals surface area contributed by atoms with Gasteiger partial charge in [0.1, 0.15) is 10.9 Å². The van der Waals surface area contributed by atoms with E-state index in [1.54, 1.807) is 17.2 Å². The Morgan fingerprint density at radius 2 is 1.79 bits per heavy atom. The first-order valence-corrected chi connectivity index (χ1v) is 10.3. The smallest absolute Gasteiger partial charge is 0.226 e. The normalized spacial score (nSPS) is 24.8. The molecule has 5 rings (SSSR count). The molecule has 0 spiro atoms. The fourth-order valence-corrected chi connectivity index (χ4v) is 5.00. The maximum Gasteiger partial charge on any atom is 0.226 e. The Bertz CT molecular complexity index is 885. The molecule has 0 unspecified atom stereocenters. The summed E-state index contributed by atoms with van der Waals surface area (Å²) >= 11 is 5.81. The number of carbonyl (C=O) groups excluding carboxylic acids is 2. The highest BCUT2D eigenvalue weighted by molar-refractivity contribution is 6.29. The minimum absolute atomic E-state index is 0.104. The summed E-state index contributed by atoms with van der Waals surface area (Å²) in [5.74, 6) is 0.493. The maximum absolute atomic E-state index is 12.8. The number of hydrogen-bond acceptors (Lipinski definition) is 3. The third-order valence-electron chi connectivity index (χ3n) is 6.59. The highest BCUT2D eigenvalue weighted by Gasteiger charge is 2.70. The molecule has 28 heavy (non-hydrogen) atoms. The van der Waals surface area contributed by atoms with Crippen molar-refractivity contribution in [2.45, 2.75) is 50.9 Å². The summed E-state index contributed by atoms with van der Waals surface area (Å²) in [5, 5.41) is 0.479. The fourth-order valence-electron chi connectivity index (χ4n) is 4.89. The van der Waals surface area contributed by atoms with Crippen LogP contribution in [0.3, 0.4) is 0 Å². The van der Waals surface area contributed by atoms with Gasteiger partial charge in [0.05, 0.1) is 0 Å². The lowest BCUT2D eigenvalue weighted by molar-refractivity contribution is -0.173. The van der Waals surface area contributed by atoms with Gasteiger partial charge in [0.15, 0.2) is 0 Å². The lowest BCUT2D eigenvalue weighted by Crippen LogP contribution is -2.67. The van der Waals surface area contributed by atoms with E-state index in [0.29, 0.717) is 23.8 Å². The predicted octanol–water partition coefficient (Wildman–Crippen LogP) is 4.73. The molecule has 3 saturated carbocycles. The van der Waals surface area contributed by atoms with Gasteiger partial charge in [-0.25, -0.2) is 4.98 Å². The molecule has 146 valence electrons. The van der Waals surface area contributed by atoms with Gasteiger partial charge >= 0.3 is 0 Å². The van der Waals surface area contributed by atoms with Gasteiger partial charge in [0, 0.05) is 37.2 Å². The van der Waals surface area contributed by atoms with E-state index < -0.39 is 0 Å². The summed E-state index contributed by atoms with van der Waals surface area (Å²) < 4.78 is 0.